The first-order valence-electron chi connectivity index (χ1n) is 8.28. The summed E-state index contributed by atoms with van der Waals surface area (Å²) in [6, 6.07) is 0. The quantitative estimate of drug-likeness (QED) is 0.708. The Bertz CT molecular complexity index is 441. The average molecular weight is 292 g/mol. The lowest BCUT2D eigenvalue weighted by molar-refractivity contribution is 0.376. The van der Waals surface area contributed by atoms with Crippen molar-refractivity contribution in [1.29, 1.82) is 0 Å². The molecule has 1 aromatic heterocycles. The van der Waals surface area contributed by atoms with Crippen molar-refractivity contribution in [3.05, 3.63) is 11.4 Å². The van der Waals surface area contributed by atoms with Crippen molar-refractivity contribution in [1.82, 2.24) is 9.97 Å². The van der Waals surface area contributed by atoms with Crippen molar-refractivity contribution in [3.8, 4) is 0 Å². The molecule has 0 radical (unpaired) electrons. The van der Waals surface area contributed by atoms with Gasteiger partial charge in [0.2, 0.25) is 0 Å². The molecule has 2 N–H and O–H groups in total. The molecule has 0 aliphatic rings. The van der Waals surface area contributed by atoms with Crippen molar-refractivity contribution in [2.75, 3.05) is 23.7 Å². The van der Waals surface area contributed by atoms with Gasteiger partial charge in [0.25, 0.3) is 0 Å². The SMILES string of the molecule is CCCNc1nc(CCC)nc(NCC(C)(C)CC)c1C. The first-order chi connectivity index (χ1) is 9.93. The van der Waals surface area contributed by atoms with Crippen LogP contribution in [0.2, 0.25) is 0 Å². The van der Waals surface area contributed by atoms with Gasteiger partial charge in [0.05, 0.1) is 0 Å². The predicted molar refractivity (Wildman–Crippen MR) is 92.1 cm³/mol. The first-order valence-corrected chi connectivity index (χ1v) is 8.28. The van der Waals surface area contributed by atoms with Crippen LogP contribution in [-0.2, 0) is 6.42 Å². The Hall–Kier alpha value is -1.32. The van der Waals surface area contributed by atoms with Gasteiger partial charge in [0, 0.05) is 25.1 Å². The summed E-state index contributed by atoms with van der Waals surface area (Å²) in [5.74, 6) is 2.89. The molecule has 21 heavy (non-hydrogen) atoms. The highest BCUT2D eigenvalue weighted by Crippen LogP contribution is 2.24. The Labute approximate surface area is 130 Å². The molecule has 0 unspecified atom stereocenters. The summed E-state index contributed by atoms with van der Waals surface area (Å²) in [7, 11) is 0. The Morgan fingerprint density at radius 3 is 2.10 bits per heavy atom. The van der Waals surface area contributed by atoms with E-state index in [2.05, 4.69) is 57.2 Å². The third-order valence-corrected chi connectivity index (χ3v) is 3.90. The van der Waals surface area contributed by atoms with Gasteiger partial charge in [-0.05, 0) is 31.6 Å². The minimum absolute atomic E-state index is 0.277. The van der Waals surface area contributed by atoms with Crippen molar-refractivity contribution in [2.24, 2.45) is 5.41 Å². The molecule has 0 atom stereocenters. The van der Waals surface area contributed by atoms with E-state index in [1.165, 1.54) is 0 Å². The highest BCUT2D eigenvalue weighted by Gasteiger charge is 2.17. The Kier molecular flexibility index (Phi) is 6.93. The van der Waals surface area contributed by atoms with Crippen molar-refractivity contribution < 1.29 is 0 Å². The lowest BCUT2D eigenvalue weighted by Gasteiger charge is -2.24. The molecule has 0 aliphatic carbocycles. The third kappa shape index (κ3) is 5.52. The fourth-order valence-electron chi connectivity index (χ4n) is 1.93. The highest BCUT2D eigenvalue weighted by molar-refractivity contribution is 5.57. The smallest absolute Gasteiger partial charge is 0.134 e. The van der Waals surface area contributed by atoms with Gasteiger partial charge in [-0.3, -0.25) is 0 Å². The van der Waals surface area contributed by atoms with Crippen LogP contribution in [0, 0.1) is 12.3 Å². The van der Waals surface area contributed by atoms with Crippen LogP contribution >= 0.6 is 0 Å². The van der Waals surface area contributed by atoms with Gasteiger partial charge in [0.1, 0.15) is 17.5 Å². The zero-order valence-corrected chi connectivity index (χ0v) is 14.6. The molecule has 1 rings (SSSR count). The van der Waals surface area contributed by atoms with Crippen molar-refractivity contribution in [3.63, 3.8) is 0 Å². The number of rotatable bonds is 9. The molecule has 4 nitrogen and oxygen atoms in total. The Balaban J connectivity index is 2.96. The normalized spacial score (nSPS) is 11.5. The van der Waals surface area contributed by atoms with Gasteiger partial charge in [-0.2, -0.15) is 0 Å². The second kappa shape index (κ2) is 8.20. The standard InChI is InChI=1S/C17H32N4/c1-7-10-14-20-15(18-11-8-2)13(4)16(21-14)19-12-17(5,6)9-3/h7-12H2,1-6H3,(H2,18,19,20,21). The zero-order chi connectivity index (χ0) is 15.9. The van der Waals surface area contributed by atoms with Crippen molar-refractivity contribution >= 4 is 11.6 Å². The van der Waals surface area contributed by atoms with E-state index in [0.717, 1.165) is 61.8 Å². The number of hydrogen-bond donors (Lipinski definition) is 2. The summed E-state index contributed by atoms with van der Waals surface area (Å²) in [4.78, 5) is 9.37. The molecule has 1 aromatic rings. The molecular weight excluding hydrogens is 260 g/mol. The van der Waals surface area contributed by atoms with E-state index in [9.17, 15) is 0 Å². The van der Waals surface area contributed by atoms with E-state index in [0.29, 0.717) is 0 Å². The minimum Gasteiger partial charge on any atom is -0.370 e. The molecule has 0 aromatic carbocycles. The van der Waals surface area contributed by atoms with Gasteiger partial charge in [-0.1, -0.05) is 34.6 Å². The maximum atomic E-state index is 4.71. The maximum absolute atomic E-state index is 4.71. The summed E-state index contributed by atoms with van der Waals surface area (Å²) in [5, 5.41) is 6.95. The fraction of sp³-hybridized carbons (Fsp3) is 0.765. The molecule has 0 bridgehead atoms. The topological polar surface area (TPSA) is 49.8 Å². The monoisotopic (exact) mass is 292 g/mol. The van der Waals surface area contributed by atoms with Crippen LogP contribution in [0.3, 0.4) is 0 Å². The molecule has 1 heterocycles. The van der Waals surface area contributed by atoms with Crippen LogP contribution in [0.5, 0.6) is 0 Å². The Morgan fingerprint density at radius 1 is 0.952 bits per heavy atom. The second-order valence-corrected chi connectivity index (χ2v) is 6.51. The summed E-state index contributed by atoms with van der Waals surface area (Å²) in [6.07, 6.45) is 4.23. The average Bonchev–Trinajstić information content (AvgIpc) is 2.46. The van der Waals surface area contributed by atoms with E-state index in [-0.39, 0.29) is 5.41 Å². The Morgan fingerprint density at radius 2 is 1.57 bits per heavy atom. The van der Waals surface area contributed by atoms with Gasteiger partial charge < -0.3 is 10.6 Å². The van der Waals surface area contributed by atoms with Crippen molar-refractivity contribution in [2.45, 2.75) is 67.2 Å². The molecule has 0 saturated heterocycles. The minimum atomic E-state index is 0.277. The van der Waals surface area contributed by atoms with E-state index in [4.69, 9.17) is 4.98 Å². The molecular formula is C17H32N4. The van der Waals surface area contributed by atoms with E-state index in [1.807, 2.05) is 0 Å². The summed E-state index contributed by atoms with van der Waals surface area (Å²) < 4.78 is 0. The summed E-state index contributed by atoms with van der Waals surface area (Å²) in [6.45, 7) is 15.1. The second-order valence-electron chi connectivity index (χ2n) is 6.51. The van der Waals surface area contributed by atoms with Crippen LogP contribution in [0.25, 0.3) is 0 Å². The fourth-order valence-corrected chi connectivity index (χ4v) is 1.93. The number of anilines is 2. The number of hydrogen-bond acceptors (Lipinski definition) is 4. The number of nitrogens with one attached hydrogen (secondary N) is 2. The summed E-state index contributed by atoms with van der Waals surface area (Å²) >= 11 is 0. The van der Waals surface area contributed by atoms with Gasteiger partial charge >= 0.3 is 0 Å². The molecule has 0 saturated carbocycles. The van der Waals surface area contributed by atoms with Crippen LogP contribution in [0.15, 0.2) is 0 Å². The number of aromatic nitrogens is 2. The third-order valence-electron chi connectivity index (χ3n) is 3.90. The molecule has 0 spiro atoms. The highest BCUT2D eigenvalue weighted by atomic mass is 15.1. The predicted octanol–water partition coefficient (Wildman–Crippen LogP) is 4.41. The van der Waals surface area contributed by atoms with Crippen LogP contribution in [-0.4, -0.2) is 23.1 Å². The van der Waals surface area contributed by atoms with Crippen LogP contribution in [0.4, 0.5) is 11.6 Å². The van der Waals surface area contributed by atoms with Gasteiger partial charge in [0.15, 0.2) is 0 Å². The molecule has 0 amide bonds. The molecule has 4 heteroatoms. The van der Waals surface area contributed by atoms with Gasteiger partial charge in [-0.25, -0.2) is 9.97 Å². The number of nitrogens with zero attached hydrogens (tertiary/aromatic N) is 2. The lowest BCUT2D eigenvalue weighted by Crippen LogP contribution is -2.23. The van der Waals surface area contributed by atoms with E-state index in [1.54, 1.807) is 0 Å². The van der Waals surface area contributed by atoms with Crippen LogP contribution in [0.1, 0.15) is 65.3 Å². The van der Waals surface area contributed by atoms with Crippen LogP contribution < -0.4 is 10.6 Å². The molecule has 120 valence electrons. The lowest BCUT2D eigenvalue weighted by atomic mass is 9.90. The molecule has 0 aliphatic heterocycles. The van der Waals surface area contributed by atoms with E-state index < -0.39 is 0 Å². The number of aryl methyl sites for hydroxylation is 1. The summed E-state index contributed by atoms with van der Waals surface area (Å²) in [5.41, 5.74) is 1.40. The first kappa shape index (κ1) is 17.7. The largest absolute Gasteiger partial charge is 0.370 e. The van der Waals surface area contributed by atoms with E-state index >= 15 is 0 Å². The maximum Gasteiger partial charge on any atom is 0.134 e. The molecule has 0 fully saturated rings. The zero-order valence-electron chi connectivity index (χ0n) is 14.6. The van der Waals surface area contributed by atoms with Gasteiger partial charge in [-0.15, -0.1) is 0 Å².